The molecule has 0 radical (unpaired) electrons. The van der Waals surface area contributed by atoms with Gasteiger partial charge < -0.3 is 20.1 Å². The highest BCUT2D eigenvalue weighted by Crippen LogP contribution is 2.40. The number of nitrogens with one attached hydrogen (secondary N) is 1. The molecule has 0 fully saturated rings. The van der Waals surface area contributed by atoms with Crippen LogP contribution in [0.4, 0.5) is 17.2 Å². The van der Waals surface area contributed by atoms with Gasteiger partial charge in [-0.05, 0) is 47.4 Å². The summed E-state index contributed by atoms with van der Waals surface area (Å²) in [5.41, 5.74) is 3.74. The van der Waals surface area contributed by atoms with Crippen molar-refractivity contribution >= 4 is 34.7 Å². The zero-order chi connectivity index (χ0) is 22.0. The van der Waals surface area contributed by atoms with Crippen molar-refractivity contribution in [1.29, 1.82) is 0 Å². The molecule has 2 heterocycles. The van der Waals surface area contributed by atoms with Crippen molar-refractivity contribution in [2.45, 2.75) is 26.4 Å². The number of amides is 1. The predicted molar refractivity (Wildman–Crippen MR) is 123 cm³/mol. The van der Waals surface area contributed by atoms with Crippen LogP contribution in [0.3, 0.4) is 0 Å². The number of para-hydroxylation sites is 1. The second kappa shape index (κ2) is 8.96. The van der Waals surface area contributed by atoms with Crippen LogP contribution in [0.25, 0.3) is 0 Å². The van der Waals surface area contributed by atoms with Crippen LogP contribution in [0.15, 0.2) is 54.7 Å². The number of nitrogens with zero attached hydrogens (tertiary/aromatic N) is 2. The Morgan fingerprint density at radius 1 is 1.26 bits per heavy atom. The second-order valence-electron chi connectivity index (χ2n) is 7.69. The van der Waals surface area contributed by atoms with Gasteiger partial charge in [-0.25, -0.2) is 4.98 Å². The molecule has 0 spiro atoms. The third-order valence-corrected chi connectivity index (χ3v) is 5.52. The molecule has 0 atom stereocenters. The third kappa shape index (κ3) is 4.36. The molecule has 0 aliphatic carbocycles. The second-order valence-corrected chi connectivity index (χ2v) is 8.10. The minimum absolute atomic E-state index is 0.130. The molecule has 2 aromatic carbocycles. The topological polar surface area (TPSA) is 74.7 Å². The summed E-state index contributed by atoms with van der Waals surface area (Å²) >= 11 is 6.42. The maximum absolute atomic E-state index is 13.0. The van der Waals surface area contributed by atoms with Crippen LogP contribution < -0.4 is 15.0 Å². The number of aromatic nitrogens is 1. The quantitative estimate of drug-likeness (QED) is 0.578. The lowest BCUT2D eigenvalue weighted by Gasteiger charge is -2.32. The van der Waals surface area contributed by atoms with Gasteiger partial charge in [0.1, 0.15) is 6.61 Å². The van der Waals surface area contributed by atoms with Crippen LogP contribution in [0.5, 0.6) is 5.75 Å². The molecular formula is C24H24ClN3O3. The van der Waals surface area contributed by atoms with Crippen LogP contribution in [0, 0.1) is 0 Å². The van der Waals surface area contributed by atoms with Crippen molar-refractivity contribution in [3.05, 3.63) is 76.4 Å². The first-order chi connectivity index (χ1) is 15.0. The van der Waals surface area contributed by atoms with Gasteiger partial charge in [-0.15, -0.1) is 0 Å². The van der Waals surface area contributed by atoms with Gasteiger partial charge in [-0.2, -0.15) is 0 Å². The summed E-state index contributed by atoms with van der Waals surface area (Å²) in [5.74, 6) is 1.24. The summed E-state index contributed by atoms with van der Waals surface area (Å²) in [7, 11) is 0. The molecule has 0 saturated carbocycles. The van der Waals surface area contributed by atoms with Gasteiger partial charge in [0.15, 0.2) is 11.6 Å². The van der Waals surface area contributed by atoms with E-state index in [0.29, 0.717) is 46.8 Å². The number of anilines is 3. The smallest absolute Gasteiger partial charge is 0.259 e. The van der Waals surface area contributed by atoms with E-state index in [1.165, 1.54) is 5.56 Å². The van der Waals surface area contributed by atoms with Crippen molar-refractivity contribution < 1.29 is 14.6 Å². The Morgan fingerprint density at radius 2 is 2.03 bits per heavy atom. The molecule has 31 heavy (non-hydrogen) atoms. The number of aliphatic hydroxyl groups is 1. The van der Waals surface area contributed by atoms with Gasteiger partial charge in [0.25, 0.3) is 5.91 Å². The van der Waals surface area contributed by atoms with Crippen LogP contribution in [0.1, 0.15) is 41.3 Å². The van der Waals surface area contributed by atoms with Crippen LogP contribution in [-0.4, -0.2) is 29.1 Å². The highest BCUT2D eigenvalue weighted by atomic mass is 35.5. The standard InChI is InChI=1S/C24H24ClN3O3/c1-15(2)17-6-8-18(9-7-17)27-24(30)19-4-3-5-21-22(19)31-11-10-28(21)23-20(25)12-16(14-29)13-26-23/h3-9,12-13,15,29H,10-11,14H2,1-2H3,(H,27,30). The van der Waals surface area contributed by atoms with Crippen molar-refractivity contribution in [2.75, 3.05) is 23.4 Å². The van der Waals surface area contributed by atoms with E-state index in [-0.39, 0.29) is 12.5 Å². The zero-order valence-corrected chi connectivity index (χ0v) is 18.2. The molecule has 0 saturated heterocycles. The summed E-state index contributed by atoms with van der Waals surface area (Å²) in [6.45, 7) is 5.06. The number of carbonyl (C=O) groups is 1. The Kier molecular flexibility index (Phi) is 6.11. The van der Waals surface area contributed by atoms with Gasteiger partial charge in [-0.3, -0.25) is 4.79 Å². The maximum Gasteiger partial charge on any atom is 0.259 e. The lowest BCUT2D eigenvalue weighted by molar-refractivity contribution is 0.102. The van der Waals surface area contributed by atoms with E-state index >= 15 is 0 Å². The zero-order valence-electron chi connectivity index (χ0n) is 17.4. The van der Waals surface area contributed by atoms with Crippen molar-refractivity contribution in [2.24, 2.45) is 0 Å². The maximum atomic E-state index is 13.0. The molecule has 4 rings (SSSR count). The van der Waals surface area contributed by atoms with Crippen molar-refractivity contribution in [3.8, 4) is 5.75 Å². The fourth-order valence-corrected chi connectivity index (χ4v) is 3.84. The molecule has 1 aliphatic rings. The Morgan fingerprint density at radius 3 is 2.71 bits per heavy atom. The fraction of sp³-hybridized carbons (Fsp3) is 0.250. The van der Waals surface area contributed by atoms with E-state index in [1.807, 2.05) is 41.3 Å². The summed E-state index contributed by atoms with van der Waals surface area (Å²) in [4.78, 5) is 19.4. The van der Waals surface area contributed by atoms with E-state index in [2.05, 4.69) is 24.1 Å². The van der Waals surface area contributed by atoms with Crippen LogP contribution in [-0.2, 0) is 6.61 Å². The molecule has 6 nitrogen and oxygen atoms in total. The number of carbonyl (C=O) groups excluding carboxylic acids is 1. The number of fused-ring (bicyclic) bond motifs is 1. The van der Waals surface area contributed by atoms with Crippen molar-refractivity contribution in [1.82, 2.24) is 4.98 Å². The first kappa shape index (κ1) is 21.2. The molecule has 0 unspecified atom stereocenters. The number of halogens is 1. The lowest BCUT2D eigenvalue weighted by atomic mass is 10.0. The van der Waals surface area contributed by atoms with Gasteiger partial charge >= 0.3 is 0 Å². The predicted octanol–water partition coefficient (Wildman–Crippen LogP) is 5.13. The van der Waals surface area contributed by atoms with Gasteiger partial charge in [-0.1, -0.05) is 43.6 Å². The van der Waals surface area contributed by atoms with Gasteiger partial charge in [0.05, 0.1) is 29.4 Å². The van der Waals surface area contributed by atoms with Crippen molar-refractivity contribution in [3.63, 3.8) is 0 Å². The SMILES string of the molecule is CC(C)c1ccc(NC(=O)c2cccc3c2OCCN3c2ncc(CO)cc2Cl)cc1. The average Bonchev–Trinajstić information content (AvgIpc) is 2.78. The lowest BCUT2D eigenvalue weighted by Crippen LogP contribution is -2.31. The fourth-order valence-electron chi connectivity index (χ4n) is 3.55. The van der Waals surface area contributed by atoms with E-state index in [1.54, 1.807) is 18.3 Å². The number of ether oxygens (including phenoxy) is 1. The Balaban J connectivity index is 1.63. The largest absolute Gasteiger partial charge is 0.489 e. The number of aliphatic hydroxyl groups excluding tert-OH is 1. The number of benzene rings is 2. The normalized spacial score (nSPS) is 13.0. The Labute approximate surface area is 186 Å². The first-order valence-corrected chi connectivity index (χ1v) is 10.6. The van der Waals surface area contributed by atoms with Crippen LogP contribution in [0.2, 0.25) is 5.02 Å². The first-order valence-electron chi connectivity index (χ1n) is 10.2. The molecule has 160 valence electrons. The molecular weight excluding hydrogens is 414 g/mol. The number of hydrogen-bond donors (Lipinski definition) is 2. The highest BCUT2D eigenvalue weighted by molar-refractivity contribution is 6.33. The molecule has 1 amide bonds. The Bertz CT molecular complexity index is 1100. The minimum Gasteiger partial charge on any atom is -0.489 e. The number of hydrogen-bond acceptors (Lipinski definition) is 5. The molecule has 1 aromatic heterocycles. The highest BCUT2D eigenvalue weighted by Gasteiger charge is 2.27. The van der Waals surface area contributed by atoms with E-state index in [4.69, 9.17) is 16.3 Å². The van der Waals surface area contributed by atoms with Gasteiger partial charge in [0, 0.05) is 11.9 Å². The van der Waals surface area contributed by atoms with Gasteiger partial charge in [0.2, 0.25) is 0 Å². The molecule has 3 aromatic rings. The summed E-state index contributed by atoms with van der Waals surface area (Å²) in [6.07, 6.45) is 1.59. The van der Waals surface area contributed by atoms with E-state index < -0.39 is 0 Å². The molecule has 7 heteroatoms. The Hall–Kier alpha value is -3.09. The summed E-state index contributed by atoms with van der Waals surface area (Å²) in [6, 6.07) is 15.0. The number of rotatable bonds is 5. The number of pyridine rings is 1. The monoisotopic (exact) mass is 437 g/mol. The van der Waals surface area contributed by atoms with E-state index in [0.717, 1.165) is 11.4 Å². The van der Waals surface area contributed by atoms with Crippen LogP contribution >= 0.6 is 11.6 Å². The molecule has 0 bridgehead atoms. The minimum atomic E-state index is -0.245. The average molecular weight is 438 g/mol. The third-order valence-electron chi connectivity index (χ3n) is 5.24. The summed E-state index contributed by atoms with van der Waals surface area (Å²) in [5, 5.41) is 12.7. The summed E-state index contributed by atoms with van der Waals surface area (Å²) < 4.78 is 5.89. The van der Waals surface area contributed by atoms with E-state index in [9.17, 15) is 9.90 Å². The molecule has 2 N–H and O–H groups in total. The molecule has 1 aliphatic heterocycles.